The average Bonchev–Trinajstić information content (AvgIpc) is 2.40. The molecule has 0 amide bonds. The number of ether oxygens (including phenoxy) is 3. The van der Waals surface area contributed by atoms with Crippen molar-refractivity contribution in [1.82, 2.24) is 0 Å². The number of benzene rings is 1. The third kappa shape index (κ3) is 2.52. The van der Waals surface area contributed by atoms with E-state index in [1.807, 2.05) is 44.2 Å². The molecule has 3 rings (SSSR count). The number of hydrogen-bond donors (Lipinski definition) is 1. The number of aliphatic hydroxyl groups excluding tert-OH is 1. The number of fused-ring (bicyclic) bond motifs is 1. The summed E-state index contributed by atoms with van der Waals surface area (Å²) >= 11 is 0. The molecule has 2 aliphatic heterocycles. The minimum Gasteiger partial charge on any atom is -0.485 e. The molecular formula is C15H18O4. The first kappa shape index (κ1) is 12.7. The lowest BCUT2D eigenvalue weighted by Crippen LogP contribution is -2.55. The van der Waals surface area contributed by atoms with Gasteiger partial charge in [-0.15, -0.1) is 0 Å². The molecule has 1 aromatic rings. The van der Waals surface area contributed by atoms with Crippen molar-refractivity contribution in [2.75, 3.05) is 6.61 Å². The quantitative estimate of drug-likeness (QED) is 0.840. The molecule has 19 heavy (non-hydrogen) atoms. The summed E-state index contributed by atoms with van der Waals surface area (Å²) in [4.78, 5) is 0. The van der Waals surface area contributed by atoms with E-state index in [2.05, 4.69) is 0 Å². The normalized spacial score (nSPS) is 33.0. The van der Waals surface area contributed by atoms with Gasteiger partial charge in [0.05, 0.1) is 6.61 Å². The second kappa shape index (κ2) is 4.63. The molecule has 102 valence electrons. The van der Waals surface area contributed by atoms with Crippen molar-refractivity contribution in [3.05, 3.63) is 42.0 Å². The van der Waals surface area contributed by atoms with E-state index in [0.29, 0.717) is 12.4 Å². The summed E-state index contributed by atoms with van der Waals surface area (Å²) in [6.07, 6.45) is 0.370. The van der Waals surface area contributed by atoms with Crippen LogP contribution in [0.2, 0.25) is 0 Å². The molecule has 1 fully saturated rings. The Bertz CT molecular complexity index is 480. The van der Waals surface area contributed by atoms with Crippen LogP contribution in [0.3, 0.4) is 0 Å². The Morgan fingerprint density at radius 1 is 1.21 bits per heavy atom. The summed E-state index contributed by atoms with van der Waals surface area (Å²) < 4.78 is 17.2. The van der Waals surface area contributed by atoms with Crippen LogP contribution in [0.1, 0.15) is 19.4 Å². The second-order valence-electron chi connectivity index (χ2n) is 5.34. The Morgan fingerprint density at radius 2 is 1.95 bits per heavy atom. The van der Waals surface area contributed by atoms with Gasteiger partial charge in [0, 0.05) is 5.56 Å². The second-order valence-corrected chi connectivity index (χ2v) is 5.34. The maximum Gasteiger partial charge on any atom is 0.163 e. The van der Waals surface area contributed by atoms with E-state index in [1.54, 1.807) is 6.08 Å². The summed E-state index contributed by atoms with van der Waals surface area (Å²) in [5.74, 6) is 0.00473. The molecule has 0 bridgehead atoms. The zero-order chi connectivity index (χ0) is 13.5. The predicted octanol–water partition coefficient (Wildman–Crippen LogP) is 1.94. The van der Waals surface area contributed by atoms with Crippen molar-refractivity contribution in [3.8, 4) is 0 Å². The smallest absolute Gasteiger partial charge is 0.163 e. The molecule has 2 heterocycles. The van der Waals surface area contributed by atoms with E-state index in [0.717, 1.165) is 5.56 Å². The molecule has 0 aliphatic carbocycles. The fourth-order valence-electron chi connectivity index (χ4n) is 2.42. The van der Waals surface area contributed by atoms with Gasteiger partial charge in [0.2, 0.25) is 0 Å². The third-order valence-corrected chi connectivity index (χ3v) is 3.38. The van der Waals surface area contributed by atoms with Gasteiger partial charge < -0.3 is 19.3 Å². The monoisotopic (exact) mass is 262 g/mol. The summed E-state index contributed by atoms with van der Waals surface area (Å²) in [5, 5.41) is 10.2. The van der Waals surface area contributed by atoms with Gasteiger partial charge in [0.25, 0.3) is 0 Å². The van der Waals surface area contributed by atoms with Crippen LogP contribution in [0.4, 0.5) is 0 Å². The molecule has 1 saturated heterocycles. The summed E-state index contributed by atoms with van der Waals surface area (Å²) in [6, 6.07) is 9.73. The van der Waals surface area contributed by atoms with Gasteiger partial charge in [0.15, 0.2) is 11.9 Å². The zero-order valence-corrected chi connectivity index (χ0v) is 11.1. The van der Waals surface area contributed by atoms with Gasteiger partial charge in [-0.3, -0.25) is 0 Å². The molecule has 1 aromatic carbocycles. The van der Waals surface area contributed by atoms with E-state index in [4.69, 9.17) is 14.2 Å². The van der Waals surface area contributed by atoms with Crippen molar-refractivity contribution in [2.24, 2.45) is 0 Å². The molecule has 4 heteroatoms. The van der Waals surface area contributed by atoms with Crippen LogP contribution in [0.15, 0.2) is 36.4 Å². The van der Waals surface area contributed by atoms with Gasteiger partial charge in [-0.2, -0.15) is 0 Å². The molecule has 2 aliphatic rings. The van der Waals surface area contributed by atoms with Gasteiger partial charge in [0.1, 0.15) is 18.0 Å². The van der Waals surface area contributed by atoms with E-state index in [9.17, 15) is 5.11 Å². The molecule has 4 nitrogen and oxygen atoms in total. The third-order valence-electron chi connectivity index (χ3n) is 3.38. The van der Waals surface area contributed by atoms with Crippen LogP contribution in [-0.2, 0) is 14.2 Å². The van der Waals surface area contributed by atoms with E-state index in [1.165, 1.54) is 0 Å². The molecule has 0 saturated carbocycles. The van der Waals surface area contributed by atoms with Crippen molar-refractivity contribution >= 4 is 5.76 Å². The lowest BCUT2D eigenvalue weighted by Gasteiger charge is -2.44. The van der Waals surface area contributed by atoms with Crippen molar-refractivity contribution in [2.45, 2.75) is 37.9 Å². The minimum absolute atomic E-state index is 0.275. The van der Waals surface area contributed by atoms with Crippen molar-refractivity contribution < 1.29 is 19.3 Å². The average molecular weight is 262 g/mol. The van der Waals surface area contributed by atoms with Crippen LogP contribution in [0.25, 0.3) is 5.76 Å². The largest absolute Gasteiger partial charge is 0.485 e. The molecule has 3 atom stereocenters. The van der Waals surface area contributed by atoms with Gasteiger partial charge in [-0.05, 0) is 19.9 Å². The van der Waals surface area contributed by atoms with Crippen LogP contribution in [-0.4, -0.2) is 35.8 Å². The zero-order valence-electron chi connectivity index (χ0n) is 11.1. The van der Waals surface area contributed by atoms with Gasteiger partial charge in [-0.25, -0.2) is 0 Å². The highest BCUT2D eigenvalue weighted by molar-refractivity contribution is 5.61. The topological polar surface area (TPSA) is 47.9 Å². The predicted molar refractivity (Wildman–Crippen MR) is 70.2 cm³/mol. The van der Waals surface area contributed by atoms with E-state index < -0.39 is 11.9 Å². The lowest BCUT2D eigenvalue weighted by atomic mass is 10.00. The molecule has 0 spiro atoms. The van der Waals surface area contributed by atoms with Gasteiger partial charge >= 0.3 is 0 Å². The lowest BCUT2D eigenvalue weighted by molar-refractivity contribution is -0.316. The summed E-state index contributed by atoms with van der Waals surface area (Å²) in [5.41, 5.74) is 0.949. The SMILES string of the molecule is CC1(C)OC[C@H]2OC(c3ccccc3)=C[C@@H](O)[C@@H]2O1. The summed E-state index contributed by atoms with van der Waals surface area (Å²) in [6.45, 7) is 4.09. The Balaban J connectivity index is 1.85. The molecule has 0 aromatic heterocycles. The van der Waals surface area contributed by atoms with Crippen LogP contribution in [0.5, 0.6) is 0 Å². The number of rotatable bonds is 1. The van der Waals surface area contributed by atoms with Crippen molar-refractivity contribution in [1.29, 1.82) is 0 Å². The fourth-order valence-corrected chi connectivity index (χ4v) is 2.42. The molecule has 0 unspecified atom stereocenters. The molecule has 1 N–H and O–H groups in total. The highest BCUT2D eigenvalue weighted by atomic mass is 16.7. The number of hydrogen-bond acceptors (Lipinski definition) is 4. The highest BCUT2D eigenvalue weighted by Crippen LogP contribution is 2.33. The Kier molecular flexibility index (Phi) is 3.09. The minimum atomic E-state index is -0.683. The standard InChI is InChI=1S/C15H18O4/c1-15(2)17-9-13-14(19-15)11(16)8-12(18-13)10-6-4-3-5-7-10/h3-8,11,13-14,16H,9H2,1-2H3/t11-,13-,14+/m1/s1. The maximum absolute atomic E-state index is 10.2. The van der Waals surface area contributed by atoms with Crippen LogP contribution >= 0.6 is 0 Å². The van der Waals surface area contributed by atoms with Crippen LogP contribution < -0.4 is 0 Å². The molecule has 0 radical (unpaired) electrons. The first-order valence-corrected chi connectivity index (χ1v) is 6.49. The highest BCUT2D eigenvalue weighted by Gasteiger charge is 2.43. The first-order valence-electron chi connectivity index (χ1n) is 6.49. The Morgan fingerprint density at radius 3 is 2.68 bits per heavy atom. The molecular weight excluding hydrogens is 244 g/mol. The van der Waals surface area contributed by atoms with Gasteiger partial charge in [-0.1, -0.05) is 30.3 Å². The maximum atomic E-state index is 10.2. The van der Waals surface area contributed by atoms with E-state index >= 15 is 0 Å². The Hall–Kier alpha value is -1.36. The van der Waals surface area contributed by atoms with E-state index in [-0.39, 0.29) is 12.2 Å². The Labute approximate surface area is 112 Å². The van der Waals surface area contributed by atoms with Crippen molar-refractivity contribution in [3.63, 3.8) is 0 Å². The first-order chi connectivity index (χ1) is 9.05. The summed E-state index contributed by atoms with van der Waals surface area (Å²) in [7, 11) is 0. The van der Waals surface area contributed by atoms with Crippen LogP contribution in [0, 0.1) is 0 Å². The number of aliphatic hydroxyl groups is 1. The fraction of sp³-hybridized carbons (Fsp3) is 0.467.